The summed E-state index contributed by atoms with van der Waals surface area (Å²) < 4.78 is 4.02. The molecule has 0 bridgehead atoms. The van der Waals surface area contributed by atoms with Crippen molar-refractivity contribution in [3.05, 3.63) is 29.6 Å². The van der Waals surface area contributed by atoms with Crippen molar-refractivity contribution in [1.29, 1.82) is 0 Å². The van der Waals surface area contributed by atoms with Crippen LogP contribution in [0, 0.1) is 0 Å². The van der Waals surface area contributed by atoms with Gasteiger partial charge in [-0.05, 0) is 38.2 Å². The second-order valence-electron chi connectivity index (χ2n) is 6.89. The molecule has 0 aromatic carbocycles. The van der Waals surface area contributed by atoms with Crippen LogP contribution in [0.3, 0.4) is 0 Å². The van der Waals surface area contributed by atoms with Crippen LogP contribution in [-0.4, -0.2) is 42.0 Å². The van der Waals surface area contributed by atoms with Gasteiger partial charge in [0.05, 0.1) is 18.3 Å². The van der Waals surface area contributed by atoms with E-state index >= 15 is 0 Å². The number of aryl methyl sites for hydroxylation is 2. The number of rotatable bonds is 3. The number of fused-ring (bicyclic) bond motifs is 1. The molecule has 4 heterocycles. The molecule has 0 unspecified atom stereocenters. The zero-order valence-corrected chi connectivity index (χ0v) is 14.7. The highest BCUT2D eigenvalue weighted by atomic mass is 16.2. The third-order valence-electron chi connectivity index (χ3n) is 5.29. The molecule has 2 aromatic rings. The number of nitrogens with one attached hydrogen (secondary N) is 1. The van der Waals surface area contributed by atoms with E-state index in [9.17, 15) is 4.79 Å². The molecule has 0 saturated carbocycles. The average molecular weight is 343 g/mol. The number of amides is 2. The summed E-state index contributed by atoms with van der Waals surface area (Å²) in [4.78, 5) is 14.7. The van der Waals surface area contributed by atoms with Gasteiger partial charge in [0.1, 0.15) is 5.82 Å². The zero-order valence-electron chi connectivity index (χ0n) is 14.7. The van der Waals surface area contributed by atoms with Crippen LogP contribution in [-0.2, 0) is 26.6 Å². The summed E-state index contributed by atoms with van der Waals surface area (Å²) in [5.41, 5.74) is 0.988. The number of urea groups is 1. The van der Waals surface area contributed by atoms with Gasteiger partial charge in [-0.2, -0.15) is 5.10 Å². The molecule has 1 saturated heterocycles. The van der Waals surface area contributed by atoms with Gasteiger partial charge in [-0.25, -0.2) is 4.79 Å². The molecule has 4 rings (SSSR count). The van der Waals surface area contributed by atoms with E-state index in [0.29, 0.717) is 6.54 Å². The molecule has 0 spiro atoms. The van der Waals surface area contributed by atoms with Crippen molar-refractivity contribution in [1.82, 2.24) is 34.8 Å². The molecule has 25 heavy (non-hydrogen) atoms. The van der Waals surface area contributed by atoms with Crippen molar-refractivity contribution in [2.75, 3.05) is 6.54 Å². The van der Waals surface area contributed by atoms with Crippen molar-refractivity contribution in [3.63, 3.8) is 0 Å². The number of piperidine rings is 1. The molecule has 0 radical (unpaired) electrons. The fraction of sp³-hybridized carbons (Fsp3) is 0.647. The van der Waals surface area contributed by atoms with Gasteiger partial charge < -0.3 is 14.8 Å². The Labute approximate surface area is 147 Å². The molecule has 2 aliphatic rings. The van der Waals surface area contributed by atoms with Crippen LogP contribution in [0.2, 0.25) is 0 Å². The van der Waals surface area contributed by atoms with Crippen LogP contribution in [0.4, 0.5) is 4.79 Å². The molecular weight excluding hydrogens is 318 g/mol. The largest absolute Gasteiger partial charge is 0.332 e. The second kappa shape index (κ2) is 6.85. The fourth-order valence-electron chi connectivity index (χ4n) is 3.86. The predicted octanol–water partition coefficient (Wildman–Crippen LogP) is 1.78. The maximum atomic E-state index is 12.8. The molecule has 0 aliphatic carbocycles. The van der Waals surface area contributed by atoms with Gasteiger partial charge in [0, 0.05) is 32.8 Å². The predicted molar refractivity (Wildman–Crippen MR) is 91.7 cm³/mol. The number of carbonyl (C=O) groups excluding carboxylic acids is 1. The lowest BCUT2D eigenvalue weighted by atomic mass is 10.0. The van der Waals surface area contributed by atoms with E-state index in [-0.39, 0.29) is 12.1 Å². The highest BCUT2D eigenvalue weighted by Crippen LogP contribution is 2.31. The Kier molecular flexibility index (Phi) is 4.42. The minimum atomic E-state index is -0.0286. The van der Waals surface area contributed by atoms with Gasteiger partial charge >= 0.3 is 6.03 Å². The van der Waals surface area contributed by atoms with E-state index in [0.717, 1.165) is 62.5 Å². The molecule has 134 valence electrons. The summed E-state index contributed by atoms with van der Waals surface area (Å²) in [5, 5.41) is 16.0. The van der Waals surface area contributed by atoms with E-state index in [1.165, 1.54) is 6.42 Å². The minimum Gasteiger partial charge on any atom is -0.332 e. The molecule has 8 heteroatoms. The number of likely N-dealkylation sites (tertiary alicyclic amines) is 1. The number of nitrogens with zero attached hydrogens (tertiary/aromatic N) is 6. The number of hydrogen-bond acceptors (Lipinski definition) is 4. The summed E-state index contributed by atoms with van der Waals surface area (Å²) in [6.07, 6.45) is 8.20. The Balaban J connectivity index is 1.50. The van der Waals surface area contributed by atoms with Crippen LogP contribution < -0.4 is 5.32 Å². The van der Waals surface area contributed by atoms with E-state index in [2.05, 4.69) is 25.2 Å². The average Bonchev–Trinajstić information content (AvgIpc) is 3.25. The first-order valence-electron chi connectivity index (χ1n) is 9.17. The van der Waals surface area contributed by atoms with Crippen molar-refractivity contribution in [2.45, 2.75) is 57.7 Å². The Bertz CT molecular complexity index is 750. The molecule has 1 fully saturated rings. The van der Waals surface area contributed by atoms with Gasteiger partial charge in [0.25, 0.3) is 0 Å². The number of carbonyl (C=O) groups is 1. The maximum Gasteiger partial charge on any atom is 0.318 e. The molecular formula is C17H25N7O. The molecule has 1 atom stereocenters. The van der Waals surface area contributed by atoms with Crippen molar-refractivity contribution < 1.29 is 4.79 Å². The Morgan fingerprint density at radius 2 is 2.12 bits per heavy atom. The summed E-state index contributed by atoms with van der Waals surface area (Å²) in [6, 6.07) is 1.92. The van der Waals surface area contributed by atoms with Crippen molar-refractivity contribution >= 4 is 6.03 Å². The van der Waals surface area contributed by atoms with E-state index in [1.807, 2.05) is 18.0 Å². The third-order valence-corrected chi connectivity index (χ3v) is 5.29. The first-order valence-corrected chi connectivity index (χ1v) is 9.17. The highest BCUT2D eigenvalue weighted by Gasteiger charge is 2.32. The van der Waals surface area contributed by atoms with Crippen LogP contribution in [0.15, 0.2) is 12.3 Å². The van der Waals surface area contributed by atoms with Crippen LogP contribution in [0.5, 0.6) is 0 Å². The Morgan fingerprint density at radius 1 is 1.24 bits per heavy atom. The van der Waals surface area contributed by atoms with E-state index in [4.69, 9.17) is 0 Å². The highest BCUT2D eigenvalue weighted by molar-refractivity contribution is 5.74. The van der Waals surface area contributed by atoms with Crippen LogP contribution in [0.25, 0.3) is 0 Å². The minimum absolute atomic E-state index is 0.0274. The molecule has 1 N–H and O–H groups in total. The number of aromatic nitrogens is 5. The number of hydrogen-bond donors (Lipinski definition) is 1. The van der Waals surface area contributed by atoms with Crippen LogP contribution in [0.1, 0.15) is 55.5 Å². The Morgan fingerprint density at radius 3 is 2.96 bits per heavy atom. The first-order chi connectivity index (χ1) is 12.2. The van der Waals surface area contributed by atoms with Gasteiger partial charge in [0.2, 0.25) is 0 Å². The molecule has 2 aromatic heterocycles. The SMILES string of the molecule is Cn1nccc1CNC(=O)N1CCCC[C@@H]1c1nnc2n1CCCC2. The zero-order chi connectivity index (χ0) is 17.2. The smallest absolute Gasteiger partial charge is 0.318 e. The summed E-state index contributed by atoms with van der Waals surface area (Å²) in [6.45, 7) is 2.22. The molecule has 8 nitrogen and oxygen atoms in total. The van der Waals surface area contributed by atoms with Gasteiger partial charge in [0.15, 0.2) is 5.82 Å². The van der Waals surface area contributed by atoms with Gasteiger partial charge in [-0.15, -0.1) is 10.2 Å². The lowest BCUT2D eigenvalue weighted by molar-refractivity contribution is 0.144. The first kappa shape index (κ1) is 16.1. The topological polar surface area (TPSA) is 80.9 Å². The Hall–Kier alpha value is -2.38. The maximum absolute atomic E-state index is 12.8. The van der Waals surface area contributed by atoms with Gasteiger partial charge in [-0.1, -0.05) is 0 Å². The van der Waals surface area contributed by atoms with Gasteiger partial charge in [-0.3, -0.25) is 4.68 Å². The normalized spacial score (nSPS) is 20.4. The lowest BCUT2D eigenvalue weighted by Gasteiger charge is -2.35. The summed E-state index contributed by atoms with van der Waals surface area (Å²) in [7, 11) is 1.88. The van der Waals surface area contributed by atoms with Crippen molar-refractivity contribution in [2.24, 2.45) is 7.05 Å². The molecule has 2 amide bonds. The van der Waals surface area contributed by atoms with Crippen LogP contribution >= 0.6 is 0 Å². The standard InChI is InChI=1S/C17H25N7O/c1-22-13(8-9-19-22)12-18-17(25)23-10-4-2-6-14(23)16-21-20-15-7-3-5-11-24(15)16/h8-9,14H,2-7,10-12H2,1H3,(H,18,25)/t14-/m1/s1. The third kappa shape index (κ3) is 3.12. The van der Waals surface area contributed by atoms with E-state index in [1.54, 1.807) is 10.9 Å². The monoisotopic (exact) mass is 343 g/mol. The summed E-state index contributed by atoms with van der Waals surface area (Å²) in [5.74, 6) is 2.03. The second-order valence-corrected chi connectivity index (χ2v) is 6.89. The summed E-state index contributed by atoms with van der Waals surface area (Å²) >= 11 is 0. The fourth-order valence-corrected chi connectivity index (χ4v) is 3.86. The van der Waals surface area contributed by atoms with E-state index < -0.39 is 0 Å². The molecule has 2 aliphatic heterocycles. The quantitative estimate of drug-likeness (QED) is 0.921. The van der Waals surface area contributed by atoms with Crippen molar-refractivity contribution in [3.8, 4) is 0 Å². The lowest BCUT2D eigenvalue weighted by Crippen LogP contribution is -2.45.